The number of anilines is 1. The highest BCUT2D eigenvalue weighted by Crippen LogP contribution is 2.33. The molecule has 0 amide bonds. The monoisotopic (exact) mass is 252 g/mol. The van der Waals surface area contributed by atoms with Crippen LogP contribution in [-0.2, 0) is 6.18 Å². The third kappa shape index (κ3) is 2.78. The van der Waals surface area contributed by atoms with Gasteiger partial charge < -0.3 is 4.90 Å². The first-order valence-electron chi connectivity index (χ1n) is 4.69. The molecule has 0 saturated carbocycles. The van der Waals surface area contributed by atoms with Crippen molar-refractivity contribution < 1.29 is 13.2 Å². The minimum absolute atomic E-state index is 0.00558. The van der Waals surface area contributed by atoms with E-state index in [0.717, 1.165) is 12.3 Å². The van der Waals surface area contributed by atoms with Gasteiger partial charge in [-0.1, -0.05) is 11.6 Å². The predicted octanol–water partition coefficient (Wildman–Crippen LogP) is 3.60. The van der Waals surface area contributed by atoms with Crippen molar-refractivity contribution in [3.05, 3.63) is 22.8 Å². The second-order valence-electron chi connectivity index (χ2n) is 3.73. The third-order valence-corrected chi connectivity index (χ3v) is 2.54. The van der Waals surface area contributed by atoms with Gasteiger partial charge in [0.2, 0.25) is 0 Å². The van der Waals surface area contributed by atoms with Crippen molar-refractivity contribution in [1.29, 1.82) is 0 Å². The molecule has 90 valence electrons. The van der Waals surface area contributed by atoms with Gasteiger partial charge in [0, 0.05) is 19.3 Å². The Labute approximate surface area is 97.0 Å². The molecule has 0 aliphatic carbocycles. The maximum absolute atomic E-state index is 12.3. The number of alkyl halides is 3. The van der Waals surface area contributed by atoms with Gasteiger partial charge in [-0.3, -0.25) is 0 Å². The molecule has 16 heavy (non-hydrogen) atoms. The maximum atomic E-state index is 12.3. The van der Waals surface area contributed by atoms with Crippen LogP contribution in [0.2, 0.25) is 5.02 Å². The van der Waals surface area contributed by atoms with Crippen LogP contribution in [0.5, 0.6) is 0 Å². The van der Waals surface area contributed by atoms with Crippen LogP contribution in [-0.4, -0.2) is 18.1 Å². The van der Waals surface area contributed by atoms with Crippen molar-refractivity contribution in [3.8, 4) is 0 Å². The molecule has 0 atom stereocenters. The van der Waals surface area contributed by atoms with Crippen molar-refractivity contribution in [1.82, 2.24) is 4.98 Å². The summed E-state index contributed by atoms with van der Waals surface area (Å²) < 4.78 is 37.0. The first-order chi connectivity index (χ1) is 7.23. The van der Waals surface area contributed by atoms with E-state index in [9.17, 15) is 13.2 Å². The molecule has 6 heteroatoms. The molecule has 0 fully saturated rings. The number of hydrogen-bond acceptors (Lipinski definition) is 2. The molecular formula is C10H12ClF3N2. The topological polar surface area (TPSA) is 16.1 Å². The van der Waals surface area contributed by atoms with E-state index in [2.05, 4.69) is 4.98 Å². The highest BCUT2D eigenvalue weighted by molar-refractivity contribution is 6.33. The van der Waals surface area contributed by atoms with E-state index in [0.29, 0.717) is 5.82 Å². The molecule has 1 heterocycles. The number of rotatable bonds is 2. The van der Waals surface area contributed by atoms with Gasteiger partial charge in [-0.25, -0.2) is 4.98 Å². The first-order valence-corrected chi connectivity index (χ1v) is 5.07. The van der Waals surface area contributed by atoms with E-state index in [1.807, 2.05) is 13.8 Å². The molecule has 0 radical (unpaired) electrons. The Morgan fingerprint density at radius 3 is 2.31 bits per heavy atom. The molecule has 0 saturated heterocycles. The van der Waals surface area contributed by atoms with Crippen LogP contribution in [0.25, 0.3) is 0 Å². The summed E-state index contributed by atoms with van der Waals surface area (Å²) in [4.78, 5) is 5.45. The van der Waals surface area contributed by atoms with Crippen LogP contribution in [0.1, 0.15) is 19.4 Å². The van der Waals surface area contributed by atoms with Gasteiger partial charge in [-0.15, -0.1) is 0 Å². The number of halogens is 4. The molecule has 0 bridgehead atoms. The van der Waals surface area contributed by atoms with E-state index < -0.39 is 11.7 Å². The van der Waals surface area contributed by atoms with Crippen LogP contribution >= 0.6 is 11.6 Å². The summed E-state index contributed by atoms with van der Waals surface area (Å²) in [5.74, 6) is 0.352. The minimum Gasteiger partial charge on any atom is -0.356 e. The molecule has 0 aliphatic rings. The second-order valence-corrected chi connectivity index (χ2v) is 4.14. The lowest BCUT2D eigenvalue weighted by Gasteiger charge is -2.23. The maximum Gasteiger partial charge on any atom is 0.417 e. The molecule has 0 spiro atoms. The summed E-state index contributed by atoms with van der Waals surface area (Å²) in [7, 11) is 1.73. The largest absolute Gasteiger partial charge is 0.417 e. The zero-order valence-corrected chi connectivity index (χ0v) is 9.89. The van der Waals surface area contributed by atoms with Crippen molar-refractivity contribution >= 4 is 17.4 Å². The lowest BCUT2D eigenvalue weighted by Crippen LogP contribution is -2.27. The summed E-state index contributed by atoms with van der Waals surface area (Å²) >= 11 is 5.77. The molecule has 1 aromatic heterocycles. The normalized spacial score (nSPS) is 12.0. The molecule has 0 unspecified atom stereocenters. The number of pyridine rings is 1. The molecular weight excluding hydrogens is 241 g/mol. The number of nitrogens with zero attached hydrogens (tertiary/aromatic N) is 2. The van der Waals surface area contributed by atoms with Crippen molar-refractivity contribution in [3.63, 3.8) is 0 Å². The molecule has 1 aromatic rings. The van der Waals surface area contributed by atoms with Gasteiger partial charge >= 0.3 is 6.18 Å². The highest BCUT2D eigenvalue weighted by atomic mass is 35.5. The Morgan fingerprint density at radius 1 is 1.38 bits per heavy atom. The van der Waals surface area contributed by atoms with Gasteiger partial charge in [0.1, 0.15) is 5.82 Å². The number of hydrogen-bond donors (Lipinski definition) is 0. The van der Waals surface area contributed by atoms with Crippen LogP contribution in [0, 0.1) is 0 Å². The van der Waals surface area contributed by atoms with Crippen LogP contribution in [0.4, 0.5) is 19.0 Å². The summed E-state index contributed by atoms with van der Waals surface area (Å²) in [5.41, 5.74) is -0.835. The fraction of sp³-hybridized carbons (Fsp3) is 0.500. The van der Waals surface area contributed by atoms with Gasteiger partial charge in [-0.05, 0) is 19.9 Å². The molecule has 0 aromatic carbocycles. The Balaban J connectivity index is 3.10. The van der Waals surface area contributed by atoms with Gasteiger partial charge in [0.15, 0.2) is 0 Å². The fourth-order valence-corrected chi connectivity index (χ4v) is 1.39. The van der Waals surface area contributed by atoms with Crippen LogP contribution in [0.15, 0.2) is 12.3 Å². The van der Waals surface area contributed by atoms with Crippen LogP contribution < -0.4 is 4.90 Å². The van der Waals surface area contributed by atoms with Gasteiger partial charge in [-0.2, -0.15) is 13.2 Å². The Bertz CT molecular complexity index is 377. The van der Waals surface area contributed by atoms with Crippen molar-refractivity contribution in [2.45, 2.75) is 26.1 Å². The Kier molecular flexibility index (Phi) is 3.68. The molecule has 0 aliphatic heterocycles. The highest BCUT2D eigenvalue weighted by Gasteiger charge is 2.31. The summed E-state index contributed by atoms with van der Waals surface area (Å²) in [5, 5.41) is 0.00558. The average molecular weight is 253 g/mol. The summed E-state index contributed by atoms with van der Waals surface area (Å²) in [6.45, 7) is 3.80. The van der Waals surface area contributed by atoms with Crippen molar-refractivity contribution in [2.75, 3.05) is 11.9 Å². The summed E-state index contributed by atoms with van der Waals surface area (Å²) in [6, 6.07) is 1.00. The van der Waals surface area contributed by atoms with E-state index in [1.54, 1.807) is 11.9 Å². The number of aromatic nitrogens is 1. The first kappa shape index (κ1) is 13.1. The molecule has 2 nitrogen and oxygen atoms in total. The second kappa shape index (κ2) is 4.49. The Morgan fingerprint density at radius 2 is 1.94 bits per heavy atom. The Hall–Kier alpha value is -0.970. The standard InChI is InChI=1S/C10H12ClF3N2/c1-6(2)16(3)9-8(11)4-7(5-15-9)10(12,13)14/h4-6H,1-3H3. The van der Waals surface area contributed by atoms with Crippen molar-refractivity contribution in [2.24, 2.45) is 0 Å². The smallest absolute Gasteiger partial charge is 0.356 e. The third-order valence-electron chi connectivity index (χ3n) is 2.26. The minimum atomic E-state index is -4.41. The predicted molar refractivity (Wildman–Crippen MR) is 57.8 cm³/mol. The lowest BCUT2D eigenvalue weighted by atomic mass is 10.2. The van der Waals surface area contributed by atoms with Gasteiger partial charge in [0.05, 0.1) is 10.6 Å². The fourth-order valence-electron chi connectivity index (χ4n) is 1.09. The van der Waals surface area contributed by atoms with E-state index in [1.165, 1.54) is 0 Å². The van der Waals surface area contributed by atoms with E-state index in [4.69, 9.17) is 11.6 Å². The zero-order valence-electron chi connectivity index (χ0n) is 9.14. The van der Waals surface area contributed by atoms with E-state index >= 15 is 0 Å². The SMILES string of the molecule is CC(C)N(C)c1ncc(C(F)(F)F)cc1Cl. The molecule has 1 rings (SSSR count). The zero-order chi connectivity index (χ0) is 12.5. The van der Waals surface area contributed by atoms with Gasteiger partial charge in [0.25, 0.3) is 0 Å². The summed E-state index contributed by atoms with van der Waals surface area (Å²) in [6.07, 6.45) is -3.62. The quantitative estimate of drug-likeness (QED) is 0.800. The van der Waals surface area contributed by atoms with E-state index in [-0.39, 0.29) is 11.1 Å². The lowest BCUT2D eigenvalue weighted by molar-refractivity contribution is -0.137. The average Bonchev–Trinajstić information content (AvgIpc) is 2.15. The van der Waals surface area contributed by atoms with Crippen LogP contribution in [0.3, 0.4) is 0 Å². The molecule has 0 N–H and O–H groups in total.